The van der Waals surface area contributed by atoms with Gasteiger partial charge in [-0.2, -0.15) is 0 Å². The van der Waals surface area contributed by atoms with Crippen LogP contribution in [-0.4, -0.2) is 12.1 Å². The lowest BCUT2D eigenvalue weighted by Gasteiger charge is -2.31. The van der Waals surface area contributed by atoms with Gasteiger partial charge in [-0.25, -0.2) is 0 Å². The summed E-state index contributed by atoms with van der Waals surface area (Å²) < 4.78 is 0. The SMILES string of the molecule is CC1(C)CCC(NC2CCCC2(C)C)C1. The minimum atomic E-state index is 0.534. The predicted octanol–water partition coefficient (Wildman–Crippen LogP) is 3.73. The lowest BCUT2D eigenvalue weighted by atomic mass is 9.86. The van der Waals surface area contributed by atoms with Crippen molar-refractivity contribution in [3.8, 4) is 0 Å². The molecule has 0 aromatic carbocycles. The summed E-state index contributed by atoms with van der Waals surface area (Å²) in [5, 5.41) is 3.92. The van der Waals surface area contributed by atoms with E-state index in [4.69, 9.17) is 0 Å². The van der Waals surface area contributed by atoms with Crippen LogP contribution < -0.4 is 5.32 Å². The van der Waals surface area contributed by atoms with Gasteiger partial charge >= 0.3 is 0 Å². The van der Waals surface area contributed by atoms with Crippen molar-refractivity contribution in [2.24, 2.45) is 10.8 Å². The Kier molecular flexibility index (Phi) is 2.87. The molecule has 2 fully saturated rings. The molecule has 1 N–H and O–H groups in total. The summed E-state index contributed by atoms with van der Waals surface area (Å²) in [5.74, 6) is 0. The fourth-order valence-corrected chi connectivity index (χ4v) is 3.50. The zero-order valence-electron chi connectivity index (χ0n) is 10.9. The van der Waals surface area contributed by atoms with Crippen molar-refractivity contribution in [2.75, 3.05) is 0 Å². The van der Waals surface area contributed by atoms with Gasteiger partial charge in [-0.1, -0.05) is 34.1 Å². The number of hydrogen-bond donors (Lipinski definition) is 1. The summed E-state index contributed by atoms with van der Waals surface area (Å²) in [6.45, 7) is 9.68. The summed E-state index contributed by atoms with van der Waals surface area (Å²) in [4.78, 5) is 0. The molecule has 2 atom stereocenters. The Labute approximate surface area is 95.0 Å². The van der Waals surface area contributed by atoms with Crippen LogP contribution >= 0.6 is 0 Å². The van der Waals surface area contributed by atoms with Crippen molar-refractivity contribution in [1.82, 2.24) is 5.32 Å². The van der Waals surface area contributed by atoms with Gasteiger partial charge in [0.05, 0.1) is 0 Å². The summed E-state index contributed by atoms with van der Waals surface area (Å²) in [7, 11) is 0. The summed E-state index contributed by atoms with van der Waals surface area (Å²) in [6.07, 6.45) is 8.38. The monoisotopic (exact) mass is 209 g/mol. The average Bonchev–Trinajstić information content (AvgIpc) is 2.57. The van der Waals surface area contributed by atoms with E-state index in [0.717, 1.165) is 12.1 Å². The number of hydrogen-bond acceptors (Lipinski definition) is 1. The van der Waals surface area contributed by atoms with Crippen molar-refractivity contribution < 1.29 is 0 Å². The third kappa shape index (κ3) is 2.55. The molecule has 0 aliphatic heterocycles. The van der Waals surface area contributed by atoms with Crippen LogP contribution in [0.1, 0.15) is 66.2 Å². The fraction of sp³-hybridized carbons (Fsp3) is 1.00. The maximum atomic E-state index is 3.92. The second-order valence-corrected chi connectivity index (χ2v) is 7.20. The van der Waals surface area contributed by atoms with Crippen LogP contribution in [0.2, 0.25) is 0 Å². The van der Waals surface area contributed by atoms with E-state index in [0.29, 0.717) is 10.8 Å². The van der Waals surface area contributed by atoms with Crippen molar-refractivity contribution in [3.63, 3.8) is 0 Å². The van der Waals surface area contributed by atoms with E-state index in [-0.39, 0.29) is 0 Å². The summed E-state index contributed by atoms with van der Waals surface area (Å²) in [5.41, 5.74) is 1.12. The van der Waals surface area contributed by atoms with Crippen molar-refractivity contribution >= 4 is 0 Å². The predicted molar refractivity (Wildman–Crippen MR) is 66.0 cm³/mol. The van der Waals surface area contributed by atoms with Crippen LogP contribution in [0.3, 0.4) is 0 Å². The molecule has 1 heteroatoms. The molecule has 0 saturated heterocycles. The Hall–Kier alpha value is -0.0400. The van der Waals surface area contributed by atoms with Crippen molar-refractivity contribution in [3.05, 3.63) is 0 Å². The molecule has 2 aliphatic carbocycles. The molecule has 0 aromatic rings. The third-order valence-corrected chi connectivity index (χ3v) is 4.66. The molecule has 0 radical (unpaired) electrons. The first-order valence-electron chi connectivity index (χ1n) is 6.65. The Morgan fingerprint density at radius 3 is 2.20 bits per heavy atom. The molecule has 2 rings (SSSR count). The lowest BCUT2D eigenvalue weighted by molar-refractivity contribution is 0.254. The molecule has 0 bridgehead atoms. The van der Waals surface area contributed by atoms with Gasteiger partial charge in [0.15, 0.2) is 0 Å². The molecule has 15 heavy (non-hydrogen) atoms. The second kappa shape index (κ2) is 3.76. The first kappa shape index (κ1) is 11.4. The highest BCUT2D eigenvalue weighted by atomic mass is 15.0. The van der Waals surface area contributed by atoms with Crippen LogP contribution in [0, 0.1) is 10.8 Å². The Bertz CT molecular complexity index is 229. The van der Waals surface area contributed by atoms with Crippen molar-refractivity contribution in [2.45, 2.75) is 78.3 Å². The van der Waals surface area contributed by atoms with E-state index >= 15 is 0 Å². The molecule has 2 aliphatic rings. The molecule has 2 saturated carbocycles. The van der Waals surface area contributed by atoms with Crippen molar-refractivity contribution in [1.29, 1.82) is 0 Å². The molecule has 88 valence electrons. The third-order valence-electron chi connectivity index (χ3n) is 4.66. The molecule has 0 spiro atoms. The molecule has 0 aromatic heterocycles. The van der Waals surface area contributed by atoms with Crippen LogP contribution in [0.15, 0.2) is 0 Å². The quantitative estimate of drug-likeness (QED) is 0.730. The van der Waals surface area contributed by atoms with E-state index in [1.165, 1.54) is 38.5 Å². The summed E-state index contributed by atoms with van der Waals surface area (Å²) >= 11 is 0. The lowest BCUT2D eigenvalue weighted by Crippen LogP contribution is -2.43. The molecular weight excluding hydrogens is 182 g/mol. The molecule has 0 heterocycles. The normalized spacial score (nSPS) is 38.4. The van der Waals surface area contributed by atoms with Crippen LogP contribution in [0.5, 0.6) is 0 Å². The highest BCUT2D eigenvalue weighted by Crippen LogP contribution is 2.41. The zero-order valence-corrected chi connectivity index (χ0v) is 10.9. The van der Waals surface area contributed by atoms with E-state index < -0.39 is 0 Å². The average molecular weight is 209 g/mol. The maximum absolute atomic E-state index is 3.92. The zero-order chi connectivity index (χ0) is 11.1. The molecule has 2 unspecified atom stereocenters. The van der Waals surface area contributed by atoms with Crippen LogP contribution in [-0.2, 0) is 0 Å². The fourth-order valence-electron chi connectivity index (χ4n) is 3.50. The second-order valence-electron chi connectivity index (χ2n) is 7.20. The maximum Gasteiger partial charge on any atom is 0.0121 e. The molecule has 1 nitrogen and oxygen atoms in total. The number of nitrogens with one attached hydrogen (secondary N) is 1. The molecule has 0 amide bonds. The van der Waals surface area contributed by atoms with Gasteiger partial charge in [0, 0.05) is 12.1 Å². The van der Waals surface area contributed by atoms with Gasteiger partial charge in [-0.05, 0) is 42.9 Å². The standard InChI is InChI=1S/C14H27N/c1-13(2)9-7-11(10-13)15-12-6-5-8-14(12,3)4/h11-12,15H,5-10H2,1-4H3. The van der Waals surface area contributed by atoms with E-state index in [1.807, 2.05) is 0 Å². The Morgan fingerprint density at radius 1 is 1.00 bits per heavy atom. The smallest absolute Gasteiger partial charge is 0.0121 e. The first-order chi connectivity index (χ1) is 6.89. The minimum absolute atomic E-state index is 0.534. The number of rotatable bonds is 2. The highest BCUT2D eigenvalue weighted by molar-refractivity contribution is 4.95. The first-order valence-corrected chi connectivity index (χ1v) is 6.65. The summed E-state index contributed by atoms with van der Waals surface area (Å²) in [6, 6.07) is 1.57. The van der Waals surface area contributed by atoms with Gasteiger partial charge in [-0.15, -0.1) is 0 Å². The van der Waals surface area contributed by atoms with Gasteiger partial charge in [0.2, 0.25) is 0 Å². The largest absolute Gasteiger partial charge is 0.311 e. The topological polar surface area (TPSA) is 12.0 Å². The minimum Gasteiger partial charge on any atom is -0.311 e. The van der Waals surface area contributed by atoms with E-state index in [1.54, 1.807) is 0 Å². The highest BCUT2D eigenvalue weighted by Gasteiger charge is 2.38. The van der Waals surface area contributed by atoms with Crippen LogP contribution in [0.4, 0.5) is 0 Å². The Balaban J connectivity index is 1.88. The van der Waals surface area contributed by atoms with Gasteiger partial charge in [0.25, 0.3) is 0 Å². The van der Waals surface area contributed by atoms with Gasteiger partial charge < -0.3 is 5.32 Å². The van der Waals surface area contributed by atoms with E-state index in [9.17, 15) is 0 Å². The van der Waals surface area contributed by atoms with E-state index in [2.05, 4.69) is 33.0 Å². The Morgan fingerprint density at radius 2 is 1.73 bits per heavy atom. The molecular formula is C14H27N. The van der Waals surface area contributed by atoms with Gasteiger partial charge in [0.1, 0.15) is 0 Å². The van der Waals surface area contributed by atoms with Crippen LogP contribution in [0.25, 0.3) is 0 Å². The van der Waals surface area contributed by atoms with Gasteiger partial charge in [-0.3, -0.25) is 0 Å².